The fraction of sp³-hybridized carbons (Fsp3) is 0.940. The second-order valence-corrected chi connectivity index (χ2v) is 23.7. The molecule has 1 amide bonds. The number of carboxylic acid groups (broad SMARTS) is 1. The van der Waals surface area contributed by atoms with Gasteiger partial charge in [0.05, 0.1) is 30.5 Å². The summed E-state index contributed by atoms with van der Waals surface area (Å²) in [5.41, 5.74) is -0.686. The largest absolute Gasteiger partial charge is 0.480 e. The smallest absolute Gasteiger partial charge is 0.322 e. The number of hydrogen-bond acceptors (Lipinski definition) is 9. The van der Waals surface area contributed by atoms with E-state index in [-0.39, 0.29) is 124 Å². The molecule has 11 heteroatoms. The number of nitrogens with one attached hydrogen (secondary N) is 1. The number of amides is 1. The number of ether oxygens (including phenoxy) is 1. The second kappa shape index (κ2) is 16.9. The van der Waals surface area contributed by atoms with Crippen LogP contribution in [0.5, 0.6) is 0 Å². The molecular weight excluding hydrogens is 775 g/mol. The van der Waals surface area contributed by atoms with E-state index in [9.17, 15) is 39.9 Å². The van der Waals surface area contributed by atoms with Gasteiger partial charge < -0.3 is 40.7 Å². The third-order valence-corrected chi connectivity index (χ3v) is 21.4. The van der Waals surface area contributed by atoms with Gasteiger partial charge in [-0.05, 0) is 195 Å². The Labute approximate surface area is 364 Å². The molecule has 0 saturated heterocycles. The lowest BCUT2D eigenvalue weighted by Crippen LogP contribution is -2.62. The van der Waals surface area contributed by atoms with Crippen LogP contribution in [-0.4, -0.2) is 91.7 Å². The van der Waals surface area contributed by atoms with E-state index in [2.05, 4.69) is 46.9 Å². The van der Waals surface area contributed by atoms with E-state index in [1.54, 1.807) is 0 Å². The SMILES string of the molecule is C[C@H](CCC(=O)O[C@@H]1CC[C@@]2(C)[C@@H](C1)C[C@@H](O)[C@@H]1[C@@H]2C[C@H](O)[C@]2(C)[C@@H]([C@H](C)CCC(=O)NCC(=O)O)CC[C@@H]12)[C@H]1CC[C@H]2[C@@H]3[C@H](O)C[C@@H]4C[C@H](O)CC[C@]4(C)[C@H]3C[C@H](O)[C@]12C. The predicted octanol–water partition coefficient (Wildman–Crippen LogP) is 6.49. The van der Waals surface area contributed by atoms with Crippen LogP contribution in [0.25, 0.3) is 0 Å². The minimum atomic E-state index is -1.06. The van der Waals surface area contributed by atoms with Crippen LogP contribution in [0.3, 0.4) is 0 Å². The maximum atomic E-state index is 13.6. The molecule has 0 radical (unpaired) electrons. The summed E-state index contributed by atoms with van der Waals surface area (Å²) in [5, 5.41) is 69.6. The van der Waals surface area contributed by atoms with Crippen LogP contribution >= 0.6 is 0 Å². The van der Waals surface area contributed by atoms with Gasteiger partial charge in [-0.2, -0.15) is 0 Å². The van der Waals surface area contributed by atoms with Gasteiger partial charge in [-0.3, -0.25) is 14.4 Å². The number of hydrogen-bond donors (Lipinski definition) is 7. The monoisotopic (exact) mass is 856 g/mol. The minimum absolute atomic E-state index is 0.0428. The third kappa shape index (κ3) is 7.63. The lowest BCUT2D eigenvalue weighted by Gasteiger charge is -2.63. The molecule has 11 nitrogen and oxygen atoms in total. The number of carboxylic acids is 1. The summed E-state index contributed by atoms with van der Waals surface area (Å²) in [6.07, 6.45) is 11.2. The van der Waals surface area contributed by atoms with Gasteiger partial charge in [0.1, 0.15) is 12.6 Å². The molecule has 346 valence electrons. The maximum absolute atomic E-state index is 13.6. The zero-order valence-electron chi connectivity index (χ0n) is 38.1. The molecule has 7 N–H and O–H groups in total. The van der Waals surface area contributed by atoms with Crippen molar-refractivity contribution in [3.8, 4) is 0 Å². The van der Waals surface area contributed by atoms with Crippen molar-refractivity contribution in [3.05, 3.63) is 0 Å². The van der Waals surface area contributed by atoms with E-state index >= 15 is 0 Å². The Morgan fingerprint density at radius 3 is 1.64 bits per heavy atom. The van der Waals surface area contributed by atoms with Crippen LogP contribution in [0.1, 0.15) is 157 Å². The molecule has 0 aromatic heterocycles. The summed E-state index contributed by atoms with van der Waals surface area (Å²) in [7, 11) is 0. The van der Waals surface area contributed by atoms with Crippen LogP contribution in [0.2, 0.25) is 0 Å². The average Bonchev–Trinajstić information content (AvgIpc) is 3.75. The highest BCUT2D eigenvalue weighted by Gasteiger charge is 2.67. The predicted molar refractivity (Wildman–Crippen MR) is 229 cm³/mol. The second-order valence-electron chi connectivity index (χ2n) is 23.7. The Morgan fingerprint density at radius 1 is 0.623 bits per heavy atom. The topological polar surface area (TPSA) is 194 Å². The van der Waals surface area contributed by atoms with Gasteiger partial charge in [0.25, 0.3) is 0 Å². The highest BCUT2D eigenvalue weighted by Crippen LogP contribution is 2.70. The van der Waals surface area contributed by atoms with E-state index in [1.807, 2.05) is 0 Å². The zero-order chi connectivity index (χ0) is 44.0. The lowest BCUT2D eigenvalue weighted by atomic mass is 9.43. The standard InChI is InChI=1S/C50H81NO10/c1-26(7-13-42(57)51-25-43(58)59)32-9-11-35-46-37(24-41(56)49(32,35)5)48(4)18-16-31(20-29(48)22-39(46)54)61-44(60)14-8-27(2)33-10-12-34-45-36(23-40(55)50(33,34)6)47(3)17-15-30(52)19-28(47)21-38(45)53/h26-41,45-46,52-56H,7-25H2,1-6H3,(H,51,57)(H,58,59)/t26-,27-,28+,29+,30-,31-,32-,33-,34+,35+,36+,37+,38-,39-,40+,41+,45+,46+,47+,48+,49-,50-/m1/s1. The van der Waals surface area contributed by atoms with Gasteiger partial charge in [-0.25, -0.2) is 0 Å². The van der Waals surface area contributed by atoms with Crippen LogP contribution in [0.4, 0.5) is 0 Å². The number of aliphatic carboxylic acids is 1. The average molecular weight is 856 g/mol. The van der Waals surface area contributed by atoms with Crippen molar-refractivity contribution in [2.24, 2.45) is 92.7 Å². The van der Waals surface area contributed by atoms with Gasteiger partial charge in [0, 0.05) is 12.8 Å². The molecule has 8 rings (SSSR count). The first-order valence-electron chi connectivity index (χ1n) is 24.8. The number of aliphatic hydroxyl groups is 5. The molecule has 0 bridgehead atoms. The molecule has 22 atom stereocenters. The van der Waals surface area contributed by atoms with Gasteiger partial charge in [-0.1, -0.05) is 41.5 Å². The molecule has 0 aromatic rings. The Balaban J connectivity index is 0.850. The van der Waals surface area contributed by atoms with Crippen molar-refractivity contribution in [2.75, 3.05) is 6.54 Å². The van der Waals surface area contributed by atoms with Crippen LogP contribution in [-0.2, 0) is 19.1 Å². The van der Waals surface area contributed by atoms with Gasteiger partial charge in [0.2, 0.25) is 5.91 Å². The van der Waals surface area contributed by atoms with Crippen LogP contribution in [0, 0.1) is 92.7 Å². The van der Waals surface area contributed by atoms with E-state index in [0.29, 0.717) is 44.4 Å². The molecule has 8 fully saturated rings. The van der Waals surface area contributed by atoms with E-state index in [1.165, 1.54) is 0 Å². The molecule has 8 aliphatic carbocycles. The van der Waals surface area contributed by atoms with Crippen molar-refractivity contribution in [3.63, 3.8) is 0 Å². The molecule has 61 heavy (non-hydrogen) atoms. The summed E-state index contributed by atoms with van der Waals surface area (Å²) < 4.78 is 6.26. The lowest BCUT2D eigenvalue weighted by molar-refractivity contribution is -0.209. The van der Waals surface area contributed by atoms with Crippen molar-refractivity contribution < 1.29 is 49.8 Å². The molecule has 0 heterocycles. The normalized spacial score (nSPS) is 51.0. The van der Waals surface area contributed by atoms with Crippen LogP contribution < -0.4 is 5.32 Å². The number of fused-ring (bicyclic) bond motifs is 10. The first-order valence-corrected chi connectivity index (χ1v) is 24.8. The number of carbonyl (C=O) groups excluding carboxylic acids is 2. The van der Waals surface area contributed by atoms with Crippen molar-refractivity contribution in [1.82, 2.24) is 5.32 Å². The number of aliphatic hydroxyl groups excluding tert-OH is 5. The number of esters is 1. The quantitative estimate of drug-likeness (QED) is 0.113. The fourth-order valence-electron chi connectivity index (χ4n) is 18.0. The Bertz CT molecular complexity index is 1640. The van der Waals surface area contributed by atoms with Crippen molar-refractivity contribution in [2.45, 2.75) is 194 Å². The number of rotatable bonds is 11. The summed E-state index contributed by atoms with van der Waals surface area (Å²) in [6.45, 7) is 13.2. The van der Waals surface area contributed by atoms with E-state index in [4.69, 9.17) is 9.84 Å². The summed E-state index contributed by atoms with van der Waals surface area (Å²) in [4.78, 5) is 36.8. The van der Waals surface area contributed by atoms with Crippen molar-refractivity contribution >= 4 is 17.8 Å². The molecule has 0 aromatic carbocycles. The van der Waals surface area contributed by atoms with Gasteiger partial charge in [-0.15, -0.1) is 0 Å². The molecule has 0 aliphatic heterocycles. The molecular formula is C50H81NO10. The van der Waals surface area contributed by atoms with E-state index < -0.39 is 30.4 Å². The summed E-state index contributed by atoms with van der Waals surface area (Å²) in [5.74, 6) is 1.04. The minimum Gasteiger partial charge on any atom is -0.480 e. The molecule has 0 unspecified atom stereocenters. The first kappa shape index (κ1) is 45.8. The Kier molecular flexibility index (Phi) is 12.7. The first-order chi connectivity index (χ1) is 28.7. The highest BCUT2D eigenvalue weighted by molar-refractivity contribution is 5.81. The zero-order valence-corrected chi connectivity index (χ0v) is 38.1. The molecule has 8 aliphatic rings. The summed E-state index contributed by atoms with van der Waals surface area (Å²) >= 11 is 0. The Morgan fingerprint density at radius 2 is 1.11 bits per heavy atom. The van der Waals surface area contributed by atoms with Crippen LogP contribution in [0.15, 0.2) is 0 Å². The fourth-order valence-corrected chi connectivity index (χ4v) is 18.0. The third-order valence-electron chi connectivity index (χ3n) is 21.4. The van der Waals surface area contributed by atoms with Gasteiger partial charge in [0.15, 0.2) is 0 Å². The maximum Gasteiger partial charge on any atom is 0.322 e. The molecule has 8 saturated carbocycles. The highest BCUT2D eigenvalue weighted by atomic mass is 16.5. The van der Waals surface area contributed by atoms with Crippen molar-refractivity contribution in [1.29, 1.82) is 0 Å². The molecule has 0 spiro atoms. The number of carbonyl (C=O) groups is 3. The Hall–Kier alpha value is -1.79. The summed E-state index contributed by atoms with van der Waals surface area (Å²) in [6, 6.07) is 0. The van der Waals surface area contributed by atoms with E-state index in [0.717, 1.165) is 70.6 Å². The van der Waals surface area contributed by atoms with Gasteiger partial charge >= 0.3 is 11.9 Å².